The molecule has 0 saturated carbocycles. The summed E-state index contributed by atoms with van der Waals surface area (Å²) in [4.78, 5) is 53.3. The van der Waals surface area contributed by atoms with Crippen LogP contribution in [0.25, 0.3) is 6.08 Å². The van der Waals surface area contributed by atoms with Crippen molar-refractivity contribution in [1.29, 1.82) is 5.26 Å². The number of unbranched alkanes of at least 4 members (excludes halogenated alkanes) is 2. The summed E-state index contributed by atoms with van der Waals surface area (Å²) in [7, 11) is 1.59. The van der Waals surface area contributed by atoms with Crippen molar-refractivity contribution in [1.82, 2.24) is 9.47 Å². The van der Waals surface area contributed by atoms with Crippen molar-refractivity contribution in [2.75, 3.05) is 31.1 Å². The molecule has 2 fully saturated rings. The second-order valence-electron chi connectivity index (χ2n) is 9.29. The van der Waals surface area contributed by atoms with Gasteiger partial charge < -0.3 is 14.7 Å². The zero-order valence-corrected chi connectivity index (χ0v) is 23.5. The van der Waals surface area contributed by atoms with E-state index in [0.29, 0.717) is 71.5 Å². The summed E-state index contributed by atoms with van der Waals surface area (Å²) in [6.07, 6.45) is 4.98. The first kappa shape index (κ1) is 29.4. The summed E-state index contributed by atoms with van der Waals surface area (Å²) in [5, 5.41) is 18.5. The highest BCUT2D eigenvalue weighted by molar-refractivity contribution is 8.26. The van der Waals surface area contributed by atoms with Gasteiger partial charge in [-0.15, -0.1) is 0 Å². The van der Waals surface area contributed by atoms with Crippen LogP contribution < -0.4 is 10.5 Å². The van der Waals surface area contributed by atoms with Gasteiger partial charge in [-0.05, 0) is 51.2 Å². The van der Waals surface area contributed by atoms with E-state index in [-0.39, 0.29) is 36.4 Å². The Morgan fingerprint density at radius 1 is 1.29 bits per heavy atom. The minimum atomic E-state index is -0.846. The van der Waals surface area contributed by atoms with Crippen molar-refractivity contribution in [3.8, 4) is 6.07 Å². The van der Waals surface area contributed by atoms with Crippen molar-refractivity contribution in [2.24, 2.45) is 13.0 Å². The first-order valence-corrected chi connectivity index (χ1v) is 13.9. The molecular weight excluding hydrogens is 528 g/mol. The molecule has 0 radical (unpaired) electrons. The van der Waals surface area contributed by atoms with Gasteiger partial charge in [0.25, 0.3) is 11.5 Å². The number of carboxylic acid groups (broad SMARTS) is 1. The molecule has 1 amide bonds. The number of thioether (sulfide) groups is 1. The predicted octanol–water partition coefficient (Wildman–Crippen LogP) is 3.19. The standard InChI is InChI=1S/C26H32N4O6S2/c1-4-36-25(35)17-9-8-11-29(15-17)22-18(16(2)19(14-27)23(33)28(22)3)13-20-24(34)30(26(37)38-20)12-7-5-6-10-21(31)32/h13,17H,4-12,15H2,1-3H3,(H,31,32)/b20-13-. The molecule has 1 aromatic heterocycles. The molecule has 38 heavy (non-hydrogen) atoms. The number of esters is 1. The van der Waals surface area contributed by atoms with E-state index in [1.165, 1.54) is 9.47 Å². The van der Waals surface area contributed by atoms with Gasteiger partial charge in [-0.25, -0.2) is 0 Å². The Kier molecular flexibility index (Phi) is 10.1. The Hall–Kier alpha value is -3.17. The smallest absolute Gasteiger partial charge is 0.310 e. The number of hydrogen-bond acceptors (Lipinski definition) is 9. The van der Waals surface area contributed by atoms with Crippen LogP contribution in [0.15, 0.2) is 9.70 Å². The van der Waals surface area contributed by atoms with Gasteiger partial charge in [0.2, 0.25) is 0 Å². The van der Waals surface area contributed by atoms with E-state index in [1.54, 1.807) is 27.0 Å². The number of carbonyl (C=O) groups is 3. The topological polar surface area (TPSA) is 133 Å². The Morgan fingerprint density at radius 2 is 2.03 bits per heavy atom. The number of rotatable bonds is 10. The molecule has 2 aliphatic rings. The SMILES string of the molecule is CCOC(=O)C1CCCN(c2c(/C=C3\SC(=S)N(CCCCCC(=O)O)C3=O)c(C)c(C#N)c(=O)n2C)C1. The van der Waals surface area contributed by atoms with Crippen molar-refractivity contribution in [3.05, 3.63) is 31.9 Å². The monoisotopic (exact) mass is 560 g/mol. The fraction of sp³-hybridized carbons (Fsp3) is 0.538. The maximum atomic E-state index is 13.3. The largest absolute Gasteiger partial charge is 0.481 e. The Morgan fingerprint density at radius 3 is 2.68 bits per heavy atom. The van der Waals surface area contributed by atoms with Crippen LogP contribution in [-0.4, -0.2) is 63.0 Å². The highest BCUT2D eigenvalue weighted by Crippen LogP contribution is 2.36. The lowest BCUT2D eigenvalue weighted by atomic mass is 9.96. The zero-order valence-electron chi connectivity index (χ0n) is 21.8. The Balaban J connectivity index is 1.95. The molecule has 0 aliphatic carbocycles. The number of amides is 1. The van der Waals surface area contributed by atoms with Crippen LogP contribution >= 0.6 is 24.0 Å². The molecule has 1 aromatic rings. The number of hydrogen-bond donors (Lipinski definition) is 1. The maximum Gasteiger partial charge on any atom is 0.310 e. The first-order valence-electron chi connectivity index (χ1n) is 12.6. The second-order valence-corrected chi connectivity index (χ2v) is 11.0. The molecule has 204 valence electrons. The number of carbonyl (C=O) groups excluding carboxylic acids is 2. The third kappa shape index (κ3) is 6.45. The molecule has 2 aliphatic heterocycles. The van der Waals surface area contributed by atoms with Gasteiger partial charge in [0.1, 0.15) is 21.8 Å². The zero-order chi connectivity index (χ0) is 28.0. The average Bonchev–Trinajstić information content (AvgIpc) is 3.15. The summed E-state index contributed by atoms with van der Waals surface area (Å²) in [5.41, 5.74) is 0.581. The van der Waals surface area contributed by atoms with Gasteiger partial charge in [-0.2, -0.15) is 5.26 Å². The molecule has 1 atom stereocenters. The quantitative estimate of drug-likeness (QED) is 0.197. The summed E-state index contributed by atoms with van der Waals surface area (Å²) in [6.45, 7) is 5.08. The van der Waals surface area contributed by atoms with E-state index in [1.807, 2.05) is 11.0 Å². The molecule has 1 unspecified atom stereocenters. The lowest BCUT2D eigenvalue weighted by Crippen LogP contribution is -2.42. The van der Waals surface area contributed by atoms with Crippen LogP contribution in [0, 0.1) is 24.2 Å². The molecule has 0 aromatic carbocycles. The molecule has 3 heterocycles. The fourth-order valence-corrected chi connectivity index (χ4v) is 6.05. The number of aromatic nitrogens is 1. The van der Waals surface area contributed by atoms with Crippen LogP contribution in [0.2, 0.25) is 0 Å². The van der Waals surface area contributed by atoms with Crippen molar-refractivity contribution >= 4 is 58.0 Å². The molecule has 3 rings (SSSR count). The number of ether oxygens (including phenoxy) is 1. The fourth-order valence-electron chi connectivity index (χ4n) is 4.76. The lowest BCUT2D eigenvalue weighted by molar-refractivity contribution is -0.148. The van der Waals surface area contributed by atoms with Crippen LogP contribution in [0.4, 0.5) is 5.82 Å². The van der Waals surface area contributed by atoms with Gasteiger partial charge in [0, 0.05) is 38.7 Å². The van der Waals surface area contributed by atoms with Crippen molar-refractivity contribution in [2.45, 2.75) is 52.4 Å². The number of nitriles is 1. The van der Waals surface area contributed by atoms with Crippen LogP contribution in [-0.2, 0) is 26.2 Å². The highest BCUT2D eigenvalue weighted by atomic mass is 32.2. The van der Waals surface area contributed by atoms with Gasteiger partial charge >= 0.3 is 11.9 Å². The summed E-state index contributed by atoms with van der Waals surface area (Å²) in [6, 6.07) is 2.00. The Labute approximate surface area is 231 Å². The molecular formula is C26H32N4O6S2. The number of pyridine rings is 1. The minimum absolute atomic E-state index is 0.00430. The van der Waals surface area contributed by atoms with E-state index in [4.69, 9.17) is 22.1 Å². The third-order valence-electron chi connectivity index (χ3n) is 6.73. The number of piperidine rings is 1. The number of aliphatic carboxylic acids is 1. The number of anilines is 1. The minimum Gasteiger partial charge on any atom is -0.481 e. The molecule has 1 N–H and O–H groups in total. The van der Waals surface area contributed by atoms with E-state index in [9.17, 15) is 24.4 Å². The summed E-state index contributed by atoms with van der Waals surface area (Å²) < 4.78 is 7.05. The number of carboxylic acids is 1. The van der Waals surface area contributed by atoms with E-state index < -0.39 is 11.5 Å². The Bertz CT molecular complexity index is 1270. The lowest BCUT2D eigenvalue weighted by Gasteiger charge is -2.35. The molecule has 0 spiro atoms. The maximum absolute atomic E-state index is 13.3. The third-order valence-corrected chi connectivity index (χ3v) is 8.11. The number of thiocarbonyl (C=S) groups is 1. The van der Waals surface area contributed by atoms with Crippen LogP contribution in [0.5, 0.6) is 0 Å². The van der Waals surface area contributed by atoms with E-state index in [0.717, 1.165) is 18.2 Å². The predicted molar refractivity (Wildman–Crippen MR) is 149 cm³/mol. The first-order chi connectivity index (χ1) is 18.1. The summed E-state index contributed by atoms with van der Waals surface area (Å²) >= 11 is 6.61. The van der Waals surface area contributed by atoms with Gasteiger partial charge in [0.15, 0.2) is 0 Å². The van der Waals surface area contributed by atoms with Crippen molar-refractivity contribution in [3.63, 3.8) is 0 Å². The molecule has 2 saturated heterocycles. The summed E-state index contributed by atoms with van der Waals surface area (Å²) in [5.74, 6) is -1.19. The van der Waals surface area contributed by atoms with Gasteiger partial charge in [-0.1, -0.05) is 30.4 Å². The normalized spacial score (nSPS) is 18.7. The molecule has 10 nitrogen and oxygen atoms in total. The van der Waals surface area contributed by atoms with Crippen molar-refractivity contribution < 1.29 is 24.2 Å². The highest BCUT2D eigenvalue weighted by Gasteiger charge is 2.34. The molecule has 0 bridgehead atoms. The van der Waals surface area contributed by atoms with Gasteiger partial charge in [-0.3, -0.25) is 28.6 Å². The van der Waals surface area contributed by atoms with Crippen LogP contribution in [0.3, 0.4) is 0 Å². The van der Waals surface area contributed by atoms with Gasteiger partial charge in [0.05, 0.1) is 17.4 Å². The van der Waals surface area contributed by atoms with Crippen LogP contribution in [0.1, 0.15) is 62.1 Å². The molecule has 12 heteroatoms. The number of nitrogens with zero attached hydrogens (tertiary/aromatic N) is 4. The average molecular weight is 561 g/mol. The van der Waals surface area contributed by atoms with E-state index in [2.05, 4.69) is 0 Å². The second kappa shape index (κ2) is 13.1. The van der Waals surface area contributed by atoms with E-state index >= 15 is 0 Å².